The third-order valence-corrected chi connectivity index (χ3v) is 3.31. The van der Waals surface area contributed by atoms with Gasteiger partial charge in [-0.3, -0.25) is 0 Å². The molecule has 4 nitrogen and oxygen atoms in total. The lowest BCUT2D eigenvalue weighted by molar-refractivity contribution is 0.413. The smallest absolute Gasteiger partial charge is 0.130 e. The first-order valence-corrected chi connectivity index (χ1v) is 7.18. The van der Waals surface area contributed by atoms with Crippen LogP contribution in [0.5, 0.6) is 5.75 Å². The highest BCUT2D eigenvalue weighted by Gasteiger charge is 2.18. The Morgan fingerprint density at radius 2 is 2.20 bits per heavy atom. The van der Waals surface area contributed by atoms with Gasteiger partial charge in [0.05, 0.1) is 13.2 Å². The molecule has 1 aromatic heterocycles. The number of nitrogens with zero attached hydrogens (tertiary/aromatic N) is 2. The second kappa shape index (κ2) is 7.10. The highest BCUT2D eigenvalue weighted by Crippen LogP contribution is 2.24. The molecule has 0 bridgehead atoms. The van der Waals surface area contributed by atoms with Gasteiger partial charge < -0.3 is 14.6 Å². The molecule has 0 saturated heterocycles. The number of methoxy groups -OCH3 is 1. The summed E-state index contributed by atoms with van der Waals surface area (Å²) in [4.78, 5) is 4.55. The van der Waals surface area contributed by atoms with E-state index in [2.05, 4.69) is 40.8 Å². The van der Waals surface area contributed by atoms with Crippen molar-refractivity contribution in [3.05, 3.63) is 48.0 Å². The van der Waals surface area contributed by atoms with Crippen LogP contribution in [0.15, 0.2) is 36.7 Å². The minimum Gasteiger partial charge on any atom is -0.497 e. The Morgan fingerprint density at radius 1 is 1.35 bits per heavy atom. The maximum atomic E-state index is 5.32. The first-order valence-electron chi connectivity index (χ1n) is 7.18. The number of imidazole rings is 1. The molecule has 1 atom stereocenters. The molecule has 0 radical (unpaired) electrons. The van der Waals surface area contributed by atoms with Crippen molar-refractivity contribution in [1.82, 2.24) is 14.9 Å². The van der Waals surface area contributed by atoms with Crippen molar-refractivity contribution in [3.8, 4) is 5.75 Å². The van der Waals surface area contributed by atoms with E-state index in [1.807, 2.05) is 24.5 Å². The van der Waals surface area contributed by atoms with Crippen LogP contribution in [0.3, 0.4) is 0 Å². The third kappa shape index (κ3) is 3.20. The number of benzene rings is 1. The van der Waals surface area contributed by atoms with Gasteiger partial charge in [-0.2, -0.15) is 0 Å². The van der Waals surface area contributed by atoms with Gasteiger partial charge in [-0.15, -0.1) is 0 Å². The Morgan fingerprint density at radius 3 is 2.90 bits per heavy atom. The van der Waals surface area contributed by atoms with Gasteiger partial charge >= 0.3 is 0 Å². The van der Waals surface area contributed by atoms with Crippen LogP contribution < -0.4 is 10.1 Å². The summed E-state index contributed by atoms with van der Waals surface area (Å²) in [5, 5.41) is 3.51. The van der Waals surface area contributed by atoms with E-state index in [1.165, 1.54) is 5.56 Å². The second-order valence-corrected chi connectivity index (χ2v) is 4.75. The van der Waals surface area contributed by atoms with Gasteiger partial charge in [0.2, 0.25) is 0 Å². The Labute approximate surface area is 120 Å². The minimum atomic E-state index is 0.0941. The van der Waals surface area contributed by atoms with E-state index in [9.17, 15) is 0 Å². The van der Waals surface area contributed by atoms with E-state index in [4.69, 9.17) is 4.74 Å². The lowest BCUT2D eigenvalue weighted by Crippen LogP contribution is -2.25. The number of nitrogens with one attached hydrogen (secondary N) is 1. The summed E-state index contributed by atoms with van der Waals surface area (Å²) in [6.07, 6.45) is 5.01. The Balaban J connectivity index is 2.36. The van der Waals surface area contributed by atoms with Crippen LogP contribution in [0.2, 0.25) is 0 Å². The average molecular weight is 273 g/mol. The van der Waals surface area contributed by atoms with E-state index < -0.39 is 0 Å². The van der Waals surface area contributed by atoms with E-state index >= 15 is 0 Å². The van der Waals surface area contributed by atoms with Crippen molar-refractivity contribution >= 4 is 0 Å². The van der Waals surface area contributed by atoms with Gasteiger partial charge in [-0.1, -0.05) is 26.0 Å². The minimum absolute atomic E-state index is 0.0941. The molecule has 0 amide bonds. The monoisotopic (exact) mass is 273 g/mol. The van der Waals surface area contributed by atoms with Crippen molar-refractivity contribution in [3.63, 3.8) is 0 Å². The number of hydrogen-bond donors (Lipinski definition) is 1. The number of aryl methyl sites for hydroxylation is 1. The van der Waals surface area contributed by atoms with E-state index in [0.717, 1.165) is 31.1 Å². The number of ether oxygens (including phenoxy) is 1. The quantitative estimate of drug-likeness (QED) is 0.843. The first-order chi connectivity index (χ1) is 9.80. The average Bonchev–Trinajstić information content (AvgIpc) is 2.93. The zero-order chi connectivity index (χ0) is 14.4. The summed E-state index contributed by atoms with van der Waals surface area (Å²) in [5.41, 5.74) is 1.18. The fraction of sp³-hybridized carbons (Fsp3) is 0.438. The van der Waals surface area contributed by atoms with Crippen LogP contribution >= 0.6 is 0 Å². The molecule has 0 aliphatic rings. The molecule has 0 aliphatic heterocycles. The number of hydrogen-bond acceptors (Lipinski definition) is 3. The molecular formula is C16H23N3O. The SMILES string of the molecule is CCCn1ccnc1C(NCC)c1cccc(OC)c1. The third-order valence-electron chi connectivity index (χ3n) is 3.31. The van der Waals surface area contributed by atoms with Gasteiger partial charge in [-0.25, -0.2) is 4.98 Å². The lowest BCUT2D eigenvalue weighted by atomic mass is 10.1. The van der Waals surface area contributed by atoms with Crippen LogP contribution in [-0.4, -0.2) is 23.2 Å². The van der Waals surface area contributed by atoms with Crippen LogP contribution in [0.1, 0.15) is 37.7 Å². The summed E-state index contributed by atoms with van der Waals surface area (Å²) in [5.74, 6) is 1.93. The zero-order valence-electron chi connectivity index (χ0n) is 12.5. The van der Waals surface area contributed by atoms with Crippen molar-refractivity contribution < 1.29 is 4.74 Å². The summed E-state index contributed by atoms with van der Waals surface area (Å²) >= 11 is 0. The molecule has 1 unspecified atom stereocenters. The highest BCUT2D eigenvalue weighted by atomic mass is 16.5. The summed E-state index contributed by atoms with van der Waals surface area (Å²) in [6, 6.07) is 8.26. The Hall–Kier alpha value is -1.81. The maximum Gasteiger partial charge on any atom is 0.130 e. The maximum absolute atomic E-state index is 5.32. The van der Waals surface area contributed by atoms with E-state index in [1.54, 1.807) is 7.11 Å². The van der Waals surface area contributed by atoms with Gasteiger partial charge in [0.25, 0.3) is 0 Å². The molecular weight excluding hydrogens is 250 g/mol. The molecule has 2 aromatic rings. The van der Waals surface area contributed by atoms with Crippen LogP contribution in [0, 0.1) is 0 Å². The summed E-state index contributed by atoms with van der Waals surface area (Å²) in [7, 11) is 1.69. The fourth-order valence-electron chi connectivity index (χ4n) is 2.39. The molecule has 1 aromatic carbocycles. The van der Waals surface area contributed by atoms with Crippen LogP contribution in [-0.2, 0) is 6.54 Å². The molecule has 4 heteroatoms. The highest BCUT2D eigenvalue weighted by molar-refractivity contribution is 5.33. The largest absolute Gasteiger partial charge is 0.497 e. The molecule has 0 saturated carbocycles. The van der Waals surface area contributed by atoms with Gasteiger partial charge in [0, 0.05) is 18.9 Å². The van der Waals surface area contributed by atoms with Crippen LogP contribution in [0.4, 0.5) is 0 Å². The molecule has 2 rings (SSSR count). The van der Waals surface area contributed by atoms with E-state index in [-0.39, 0.29) is 6.04 Å². The molecule has 20 heavy (non-hydrogen) atoms. The van der Waals surface area contributed by atoms with Crippen molar-refractivity contribution in [2.24, 2.45) is 0 Å². The van der Waals surface area contributed by atoms with Gasteiger partial charge in [-0.05, 0) is 30.7 Å². The van der Waals surface area contributed by atoms with Gasteiger partial charge in [0.15, 0.2) is 0 Å². The molecule has 1 heterocycles. The fourth-order valence-corrected chi connectivity index (χ4v) is 2.39. The molecule has 0 fully saturated rings. The first kappa shape index (κ1) is 14.6. The molecule has 0 spiro atoms. The standard InChI is InChI=1S/C16H23N3O/c1-4-10-19-11-9-18-16(19)15(17-5-2)13-7-6-8-14(12-13)20-3/h6-9,11-12,15,17H,4-5,10H2,1-3H3. The Kier molecular flexibility index (Phi) is 5.18. The van der Waals surface area contributed by atoms with Crippen molar-refractivity contribution in [1.29, 1.82) is 0 Å². The predicted molar refractivity (Wildman–Crippen MR) is 81.0 cm³/mol. The molecule has 108 valence electrons. The lowest BCUT2D eigenvalue weighted by Gasteiger charge is -2.20. The van der Waals surface area contributed by atoms with Crippen molar-refractivity contribution in [2.45, 2.75) is 32.9 Å². The van der Waals surface area contributed by atoms with Gasteiger partial charge in [0.1, 0.15) is 11.6 Å². The Bertz CT molecular complexity index is 536. The summed E-state index contributed by atoms with van der Waals surface area (Å²) < 4.78 is 7.54. The number of rotatable bonds is 7. The molecule has 0 aliphatic carbocycles. The number of aromatic nitrogens is 2. The predicted octanol–water partition coefficient (Wildman–Crippen LogP) is 3.00. The normalized spacial score (nSPS) is 12.3. The second-order valence-electron chi connectivity index (χ2n) is 4.75. The van der Waals surface area contributed by atoms with E-state index in [0.29, 0.717) is 0 Å². The summed E-state index contributed by atoms with van der Waals surface area (Å²) in [6.45, 7) is 6.17. The van der Waals surface area contributed by atoms with Crippen LogP contribution in [0.25, 0.3) is 0 Å². The topological polar surface area (TPSA) is 39.1 Å². The molecule has 1 N–H and O–H groups in total. The van der Waals surface area contributed by atoms with Crippen molar-refractivity contribution in [2.75, 3.05) is 13.7 Å². The zero-order valence-corrected chi connectivity index (χ0v) is 12.5.